The molecule has 0 unspecified atom stereocenters. The van der Waals surface area contributed by atoms with Gasteiger partial charge in [0.15, 0.2) is 11.5 Å². The number of nitrogens with zero attached hydrogens (tertiary/aromatic N) is 4. The van der Waals surface area contributed by atoms with Gasteiger partial charge in [-0.3, -0.25) is 0 Å². The predicted octanol–water partition coefficient (Wildman–Crippen LogP) is 5.24. The van der Waals surface area contributed by atoms with E-state index in [1.165, 1.54) is 0 Å². The molecular weight excluding hydrogens is 380 g/mol. The third-order valence-corrected chi connectivity index (χ3v) is 11.7. The number of benzene rings is 1. The summed E-state index contributed by atoms with van der Waals surface area (Å²) in [5, 5.41) is 3.22. The van der Waals surface area contributed by atoms with Gasteiger partial charge in [-0.1, -0.05) is 41.5 Å². The third kappa shape index (κ3) is 3.94. The number of aromatic nitrogens is 4. The van der Waals surface area contributed by atoms with E-state index < -0.39 is 8.32 Å². The van der Waals surface area contributed by atoms with Gasteiger partial charge in [0.05, 0.1) is 6.33 Å². The van der Waals surface area contributed by atoms with Crippen LogP contribution in [0.15, 0.2) is 30.6 Å². The number of imidazole rings is 1. The second-order valence-corrected chi connectivity index (χ2v) is 13.9. The van der Waals surface area contributed by atoms with E-state index in [1.54, 1.807) is 6.33 Å². The lowest BCUT2D eigenvalue weighted by Crippen LogP contribution is -2.50. The van der Waals surface area contributed by atoms with Crippen molar-refractivity contribution in [1.82, 2.24) is 19.5 Å². The zero-order valence-corrected chi connectivity index (χ0v) is 19.4. The molecule has 2 aromatic heterocycles. The van der Waals surface area contributed by atoms with Crippen LogP contribution in [0.25, 0.3) is 11.2 Å². The van der Waals surface area contributed by atoms with Crippen LogP contribution in [-0.4, -0.2) is 27.8 Å². The molecule has 2 heterocycles. The van der Waals surface area contributed by atoms with E-state index in [4.69, 9.17) is 10.2 Å². The number of hydrogen-bond acceptors (Lipinski definition) is 6. The van der Waals surface area contributed by atoms with Crippen LogP contribution in [0.2, 0.25) is 16.6 Å². The Bertz CT molecular complexity index is 959. The van der Waals surface area contributed by atoms with Crippen LogP contribution in [0.1, 0.15) is 41.5 Å². The highest BCUT2D eigenvalue weighted by atomic mass is 28.4. The standard InChI is InChI=1S/C21H32N6OSi/c1-13(2)29(14(3)4,15(5)6)28-17-10-8-16(9-11-17)24-21-25-19(22)18-20(26-21)27(7)12-23-18/h8-15H,1-7H3,(H3,22,24,25,26). The van der Waals surface area contributed by atoms with Crippen LogP contribution < -0.4 is 15.5 Å². The maximum absolute atomic E-state index is 6.72. The molecule has 29 heavy (non-hydrogen) atoms. The van der Waals surface area contributed by atoms with Gasteiger partial charge in [-0.25, -0.2) is 4.98 Å². The Morgan fingerprint density at radius 2 is 1.55 bits per heavy atom. The molecule has 0 saturated heterocycles. The van der Waals surface area contributed by atoms with Gasteiger partial charge in [-0.05, 0) is 40.9 Å². The Hall–Kier alpha value is -2.61. The Balaban J connectivity index is 1.82. The fraction of sp³-hybridized carbons (Fsp3) is 0.476. The Kier molecular flexibility index (Phi) is 5.84. The molecular formula is C21H32N6OSi. The number of rotatable bonds is 7. The van der Waals surface area contributed by atoms with Crippen LogP contribution >= 0.6 is 0 Å². The lowest BCUT2D eigenvalue weighted by Gasteiger charge is -2.42. The molecule has 3 N–H and O–H groups in total. The molecule has 0 fully saturated rings. The van der Waals surface area contributed by atoms with Crippen molar-refractivity contribution < 1.29 is 4.43 Å². The molecule has 0 spiro atoms. The Labute approximate surface area is 173 Å². The topological polar surface area (TPSA) is 90.9 Å². The van der Waals surface area contributed by atoms with Gasteiger partial charge in [0, 0.05) is 12.7 Å². The van der Waals surface area contributed by atoms with Crippen LogP contribution in [0.3, 0.4) is 0 Å². The molecule has 0 bridgehead atoms. The fourth-order valence-corrected chi connectivity index (χ4v) is 9.63. The van der Waals surface area contributed by atoms with Gasteiger partial charge in [-0.15, -0.1) is 0 Å². The number of fused-ring (bicyclic) bond motifs is 1. The van der Waals surface area contributed by atoms with Crippen molar-refractivity contribution in [3.05, 3.63) is 30.6 Å². The summed E-state index contributed by atoms with van der Waals surface area (Å²) in [6.07, 6.45) is 1.68. The monoisotopic (exact) mass is 412 g/mol. The number of nitrogen functional groups attached to an aromatic ring is 1. The highest BCUT2D eigenvalue weighted by molar-refractivity contribution is 6.78. The first-order valence-electron chi connectivity index (χ1n) is 10.2. The van der Waals surface area contributed by atoms with E-state index in [9.17, 15) is 0 Å². The molecule has 1 aromatic carbocycles. The highest BCUT2D eigenvalue weighted by Gasteiger charge is 2.46. The second kappa shape index (κ2) is 8.02. The van der Waals surface area contributed by atoms with E-state index in [-0.39, 0.29) is 0 Å². The first-order chi connectivity index (χ1) is 13.6. The van der Waals surface area contributed by atoms with Crippen molar-refractivity contribution in [3.8, 4) is 5.75 Å². The summed E-state index contributed by atoms with van der Waals surface area (Å²) in [4.78, 5) is 13.1. The Morgan fingerprint density at radius 3 is 2.10 bits per heavy atom. The minimum absolute atomic E-state index is 0.361. The molecule has 0 aliphatic heterocycles. The minimum Gasteiger partial charge on any atom is -0.543 e. The molecule has 0 radical (unpaired) electrons. The molecule has 0 aliphatic rings. The van der Waals surface area contributed by atoms with E-state index in [1.807, 2.05) is 35.9 Å². The van der Waals surface area contributed by atoms with Gasteiger partial charge in [0.2, 0.25) is 5.95 Å². The summed E-state index contributed by atoms with van der Waals surface area (Å²) in [7, 11) is -0.0869. The number of hydrogen-bond donors (Lipinski definition) is 2. The largest absolute Gasteiger partial charge is 0.543 e. The lowest BCUT2D eigenvalue weighted by atomic mass is 10.3. The quantitative estimate of drug-likeness (QED) is 0.515. The van der Waals surface area contributed by atoms with Gasteiger partial charge in [0.25, 0.3) is 8.32 Å². The molecule has 0 aliphatic carbocycles. The molecule has 156 valence electrons. The molecule has 0 saturated carbocycles. The van der Waals surface area contributed by atoms with E-state index in [2.05, 4.69) is 61.8 Å². The summed E-state index contributed by atoms with van der Waals surface area (Å²) in [5.41, 5.74) is 9.79. The first-order valence-corrected chi connectivity index (χ1v) is 12.3. The van der Waals surface area contributed by atoms with E-state index >= 15 is 0 Å². The maximum Gasteiger partial charge on any atom is 0.258 e. The van der Waals surface area contributed by atoms with Gasteiger partial charge in [-0.2, -0.15) is 9.97 Å². The normalized spacial score (nSPS) is 12.3. The zero-order chi connectivity index (χ0) is 21.3. The molecule has 3 rings (SSSR count). The molecule has 8 heteroatoms. The van der Waals surface area contributed by atoms with Gasteiger partial charge < -0.3 is 20.0 Å². The molecule has 3 aromatic rings. The number of anilines is 3. The molecule has 0 amide bonds. The first kappa shape index (κ1) is 21.1. The van der Waals surface area contributed by atoms with Crippen LogP contribution in [0.5, 0.6) is 5.75 Å². The number of nitrogens with one attached hydrogen (secondary N) is 1. The SMILES string of the molecule is CC(C)[Si](Oc1ccc(Nc2nc(N)c3ncn(C)c3n2)cc1)(C(C)C)C(C)C. The smallest absolute Gasteiger partial charge is 0.258 e. The average Bonchev–Trinajstić information content (AvgIpc) is 3.01. The summed E-state index contributed by atoms with van der Waals surface area (Å²) in [5.74, 6) is 1.73. The fourth-order valence-electron chi connectivity index (χ4n) is 4.38. The van der Waals surface area contributed by atoms with E-state index in [0.29, 0.717) is 39.6 Å². The number of nitrogens with two attached hydrogens (primary N) is 1. The summed E-state index contributed by atoms with van der Waals surface area (Å²) < 4.78 is 8.54. The van der Waals surface area contributed by atoms with E-state index in [0.717, 1.165) is 11.4 Å². The number of aryl methyl sites for hydroxylation is 1. The van der Waals surface area contributed by atoms with Crippen molar-refractivity contribution in [1.29, 1.82) is 0 Å². The third-order valence-electron chi connectivity index (χ3n) is 5.70. The second-order valence-electron chi connectivity index (χ2n) is 8.53. The van der Waals surface area contributed by atoms with Crippen molar-refractivity contribution >= 4 is 36.9 Å². The molecule has 0 atom stereocenters. The van der Waals surface area contributed by atoms with Crippen LogP contribution in [0.4, 0.5) is 17.5 Å². The van der Waals surface area contributed by atoms with Crippen molar-refractivity contribution in [2.45, 2.75) is 58.2 Å². The van der Waals surface area contributed by atoms with Crippen LogP contribution in [-0.2, 0) is 7.05 Å². The van der Waals surface area contributed by atoms with Crippen LogP contribution in [0, 0.1) is 0 Å². The lowest BCUT2D eigenvalue weighted by molar-refractivity contribution is 0.480. The van der Waals surface area contributed by atoms with Gasteiger partial charge in [0.1, 0.15) is 11.3 Å². The summed E-state index contributed by atoms with van der Waals surface area (Å²) in [6, 6.07) is 8.01. The summed E-state index contributed by atoms with van der Waals surface area (Å²) >= 11 is 0. The summed E-state index contributed by atoms with van der Waals surface area (Å²) in [6.45, 7) is 13.7. The average molecular weight is 413 g/mol. The van der Waals surface area contributed by atoms with Crippen molar-refractivity contribution in [2.75, 3.05) is 11.1 Å². The highest BCUT2D eigenvalue weighted by Crippen LogP contribution is 2.42. The molecule has 7 nitrogen and oxygen atoms in total. The van der Waals surface area contributed by atoms with Crippen molar-refractivity contribution in [2.24, 2.45) is 7.05 Å². The maximum atomic E-state index is 6.72. The Morgan fingerprint density at radius 1 is 0.966 bits per heavy atom. The predicted molar refractivity (Wildman–Crippen MR) is 122 cm³/mol. The minimum atomic E-state index is -1.97. The zero-order valence-electron chi connectivity index (χ0n) is 18.4. The van der Waals surface area contributed by atoms with Gasteiger partial charge >= 0.3 is 0 Å². The van der Waals surface area contributed by atoms with Crippen molar-refractivity contribution in [3.63, 3.8) is 0 Å².